The minimum absolute atomic E-state index is 0.0681. The van der Waals surface area contributed by atoms with Gasteiger partial charge in [-0.3, -0.25) is 9.59 Å². The van der Waals surface area contributed by atoms with E-state index in [1.807, 2.05) is 6.92 Å². The van der Waals surface area contributed by atoms with Crippen LogP contribution in [-0.2, 0) is 0 Å². The van der Waals surface area contributed by atoms with Crippen LogP contribution in [0.25, 0.3) is 0 Å². The average Bonchev–Trinajstić information content (AvgIpc) is 2.25. The zero-order chi connectivity index (χ0) is 11.9. The Balaban J connectivity index is 2.78. The van der Waals surface area contributed by atoms with Gasteiger partial charge in [0.05, 0.1) is 17.7 Å². The Kier molecular flexibility index (Phi) is 2.56. The van der Waals surface area contributed by atoms with Crippen molar-refractivity contribution in [2.75, 3.05) is 7.11 Å². The zero-order valence-electron chi connectivity index (χ0n) is 8.83. The summed E-state index contributed by atoms with van der Waals surface area (Å²) in [4.78, 5) is 23.5. The summed E-state index contributed by atoms with van der Waals surface area (Å²) in [7, 11) is 1.46. The molecule has 4 heteroatoms. The largest absolute Gasteiger partial charge is 0.496 e. The number of carbonyl (C=O) groups is 2. The fourth-order valence-electron chi connectivity index (χ4n) is 1.76. The second-order valence-electron chi connectivity index (χ2n) is 3.52. The third kappa shape index (κ3) is 1.44. The summed E-state index contributed by atoms with van der Waals surface area (Å²) in [6, 6.07) is 3.36. The first kappa shape index (κ1) is 10.9. The molecule has 16 heavy (non-hydrogen) atoms. The highest BCUT2D eigenvalue weighted by atomic mass is 35.5. The van der Waals surface area contributed by atoms with Crippen LogP contribution >= 0.6 is 11.6 Å². The van der Waals surface area contributed by atoms with Gasteiger partial charge in [-0.1, -0.05) is 17.7 Å². The van der Waals surface area contributed by atoms with Crippen LogP contribution in [0.1, 0.15) is 26.3 Å². The van der Waals surface area contributed by atoms with E-state index in [4.69, 9.17) is 16.3 Å². The number of Topliss-reactive ketones (excluding diaryl/α,β-unsaturated/α-hetero) is 1. The Hall–Kier alpha value is -1.61. The molecule has 2 rings (SSSR count). The number of hydrogen-bond donors (Lipinski definition) is 0. The van der Waals surface area contributed by atoms with Crippen molar-refractivity contribution in [3.8, 4) is 5.75 Å². The first-order chi connectivity index (χ1) is 7.56. The molecule has 1 aromatic rings. The third-order valence-corrected chi connectivity index (χ3v) is 2.81. The van der Waals surface area contributed by atoms with Crippen molar-refractivity contribution in [3.63, 3.8) is 0 Å². The molecule has 0 fully saturated rings. The molecule has 0 spiro atoms. The van der Waals surface area contributed by atoms with Crippen LogP contribution in [0.2, 0.25) is 0 Å². The van der Waals surface area contributed by atoms with E-state index in [-0.39, 0.29) is 22.2 Å². The van der Waals surface area contributed by atoms with E-state index in [1.54, 1.807) is 12.1 Å². The van der Waals surface area contributed by atoms with Crippen molar-refractivity contribution in [1.29, 1.82) is 0 Å². The summed E-state index contributed by atoms with van der Waals surface area (Å²) in [6.45, 7) is 1.81. The number of aryl methyl sites for hydroxylation is 1. The molecule has 1 aromatic carbocycles. The number of fused-ring (bicyclic) bond motifs is 1. The maximum absolute atomic E-state index is 11.9. The Morgan fingerprint density at radius 2 is 1.94 bits per heavy atom. The number of ether oxygens (including phenoxy) is 1. The van der Waals surface area contributed by atoms with E-state index >= 15 is 0 Å². The SMILES string of the molecule is COc1c(C)ccc2c1C(=O)C(Cl)=CC2=O. The average molecular weight is 237 g/mol. The first-order valence-electron chi connectivity index (χ1n) is 4.70. The molecule has 0 amide bonds. The molecular weight excluding hydrogens is 228 g/mol. The lowest BCUT2D eigenvalue weighted by Gasteiger charge is -2.16. The maximum atomic E-state index is 11.9. The predicted octanol–water partition coefficient (Wildman–Crippen LogP) is 2.51. The number of halogens is 1. The topological polar surface area (TPSA) is 43.4 Å². The smallest absolute Gasteiger partial charge is 0.208 e. The number of ketones is 2. The second kappa shape index (κ2) is 3.76. The molecule has 1 aliphatic rings. The van der Waals surface area contributed by atoms with Crippen molar-refractivity contribution in [3.05, 3.63) is 39.9 Å². The van der Waals surface area contributed by atoms with Crippen molar-refractivity contribution >= 4 is 23.2 Å². The van der Waals surface area contributed by atoms with Gasteiger partial charge in [0.25, 0.3) is 0 Å². The fraction of sp³-hybridized carbons (Fsp3) is 0.167. The highest BCUT2D eigenvalue weighted by Gasteiger charge is 2.28. The molecule has 0 unspecified atom stereocenters. The molecule has 0 saturated heterocycles. The van der Waals surface area contributed by atoms with Crippen LogP contribution in [-0.4, -0.2) is 18.7 Å². The number of methoxy groups -OCH3 is 1. The molecule has 0 N–H and O–H groups in total. The number of rotatable bonds is 1. The third-order valence-electron chi connectivity index (χ3n) is 2.53. The van der Waals surface area contributed by atoms with Gasteiger partial charge < -0.3 is 4.74 Å². The van der Waals surface area contributed by atoms with E-state index in [0.717, 1.165) is 11.6 Å². The Labute approximate surface area is 97.7 Å². The van der Waals surface area contributed by atoms with Gasteiger partial charge in [-0.2, -0.15) is 0 Å². The summed E-state index contributed by atoms with van der Waals surface area (Å²) in [5, 5.41) is -0.0681. The summed E-state index contributed by atoms with van der Waals surface area (Å²) in [5.41, 5.74) is 1.41. The summed E-state index contributed by atoms with van der Waals surface area (Å²) < 4.78 is 5.15. The molecular formula is C12H9ClO3. The first-order valence-corrected chi connectivity index (χ1v) is 5.08. The standard InChI is InChI=1S/C12H9ClO3/c1-6-3-4-7-9(14)5-8(13)11(15)10(7)12(6)16-2/h3-5H,1-2H3. The van der Waals surface area contributed by atoms with Crippen molar-refractivity contribution in [2.45, 2.75) is 6.92 Å². The molecule has 0 saturated carbocycles. The van der Waals surface area contributed by atoms with Crippen molar-refractivity contribution in [1.82, 2.24) is 0 Å². The Bertz CT molecular complexity index is 529. The Morgan fingerprint density at radius 1 is 1.25 bits per heavy atom. The van der Waals surface area contributed by atoms with Crippen LogP contribution < -0.4 is 4.74 Å². The van der Waals surface area contributed by atoms with Crippen LogP contribution in [0.4, 0.5) is 0 Å². The molecule has 0 bridgehead atoms. The molecule has 3 nitrogen and oxygen atoms in total. The zero-order valence-corrected chi connectivity index (χ0v) is 9.59. The van der Waals surface area contributed by atoms with Crippen LogP contribution in [0, 0.1) is 6.92 Å². The number of carbonyl (C=O) groups excluding carboxylic acids is 2. The molecule has 0 atom stereocenters. The van der Waals surface area contributed by atoms with E-state index in [1.165, 1.54) is 7.11 Å². The van der Waals surface area contributed by atoms with Gasteiger partial charge in [0.2, 0.25) is 5.78 Å². The van der Waals surface area contributed by atoms with Crippen LogP contribution in [0.15, 0.2) is 23.2 Å². The summed E-state index contributed by atoms with van der Waals surface area (Å²) in [5.74, 6) is -0.211. The van der Waals surface area contributed by atoms with Gasteiger partial charge in [-0.25, -0.2) is 0 Å². The van der Waals surface area contributed by atoms with Gasteiger partial charge >= 0.3 is 0 Å². The van der Waals surface area contributed by atoms with E-state index in [9.17, 15) is 9.59 Å². The van der Waals surface area contributed by atoms with Gasteiger partial charge in [-0.05, 0) is 18.6 Å². The number of allylic oxidation sites excluding steroid dienone is 2. The van der Waals surface area contributed by atoms with Crippen LogP contribution in [0.3, 0.4) is 0 Å². The van der Waals surface area contributed by atoms with Gasteiger partial charge in [0.15, 0.2) is 5.78 Å². The number of benzene rings is 1. The minimum Gasteiger partial charge on any atom is -0.496 e. The molecule has 0 aliphatic heterocycles. The minimum atomic E-state index is -0.364. The molecule has 1 aliphatic carbocycles. The van der Waals surface area contributed by atoms with Crippen molar-refractivity contribution < 1.29 is 14.3 Å². The molecule has 0 radical (unpaired) electrons. The lowest BCUT2D eigenvalue weighted by molar-refractivity contribution is 0.0988. The molecule has 0 aromatic heterocycles. The van der Waals surface area contributed by atoms with E-state index in [2.05, 4.69) is 0 Å². The van der Waals surface area contributed by atoms with Gasteiger partial charge in [0, 0.05) is 11.6 Å². The predicted molar refractivity (Wildman–Crippen MR) is 60.3 cm³/mol. The van der Waals surface area contributed by atoms with Crippen molar-refractivity contribution in [2.24, 2.45) is 0 Å². The Morgan fingerprint density at radius 3 is 2.56 bits per heavy atom. The fourth-order valence-corrected chi connectivity index (χ4v) is 1.95. The quantitative estimate of drug-likeness (QED) is 0.753. The number of hydrogen-bond acceptors (Lipinski definition) is 3. The highest BCUT2D eigenvalue weighted by Crippen LogP contribution is 2.33. The molecule has 82 valence electrons. The lowest BCUT2D eigenvalue weighted by atomic mass is 9.92. The van der Waals surface area contributed by atoms with Gasteiger partial charge in [-0.15, -0.1) is 0 Å². The monoisotopic (exact) mass is 236 g/mol. The van der Waals surface area contributed by atoms with Crippen LogP contribution in [0.5, 0.6) is 5.75 Å². The second-order valence-corrected chi connectivity index (χ2v) is 3.93. The maximum Gasteiger partial charge on any atom is 0.208 e. The van der Waals surface area contributed by atoms with E-state index < -0.39 is 0 Å². The molecule has 0 heterocycles. The van der Waals surface area contributed by atoms with E-state index in [0.29, 0.717) is 11.3 Å². The highest BCUT2D eigenvalue weighted by molar-refractivity contribution is 6.49. The summed E-state index contributed by atoms with van der Waals surface area (Å²) in [6.07, 6.45) is 1.14. The lowest BCUT2D eigenvalue weighted by Crippen LogP contribution is -2.16. The summed E-state index contributed by atoms with van der Waals surface area (Å²) >= 11 is 5.71. The normalized spacial score (nSPS) is 14.6. The van der Waals surface area contributed by atoms with Gasteiger partial charge in [0.1, 0.15) is 5.75 Å².